The third kappa shape index (κ3) is 4.23. The number of aromatic nitrogens is 3. The summed E-state index contributed by atoms with van der Waals surface area (Å²) in [5.41, 5.74) is 2.65. The Labute approximate surface area is 171 Å². The average Bonchev–Trinajstić information content (AvgIpc) is 3.01. The summed E-state index contributed by atoms with van der Waals surface area (Å²) < 4.78 is 13.2. The number of nitrogens with one attached hydrogen (secondary N) is 1. The van der Waals surface area contributed by atoms with Crippen LogP contribution >= 0.6 is 23.1 Å². The van der Waals surface area contributed by atoms with Crippen LogP contribution in [0.25, 0.3) is 11.3 Å². The number of hydrogen-bond acceptors (Lipinski definition) is 6. The molecule has 5 nitrogen and oxygen atoms in total. The number of carbonyl (C=O) groups is 1. The van der Waals surface area contributed by atoms with Gasteiger partial charge in [-0.15, -0.1) is 23.1 Å². The minimum Gasteiger partial charge on any atom is -0.298 e. The lowest BCUT2D eigenvalue weighted by Gasteiger charge is -2.12. The highest BCUT2D eigenvalue weighted by molar-refractivity contribution is 7.98. The molecule has 0 aliphatic heterocycles. The van der Waals surface area contributed by atoms with Crippen LogP contribution in [-0.4, -0.2) is 27.1 Å². The molecule has 0 unspecified atom stereocenters. The van der Waals surface area contributed by atoms with Crippen LogP contribution in [0.5, 0.6) is 0 Å². The van der Waals surface area contributed by atoms with Gasteiger partial charge in [0.25, 0.3) is 5.91 Å². The maximum atomic E-state index is 13.2. The van der Waals surface area contributed by atoms with E-state index in [1.807, 2.05) is 34.0 Å². The molecule has 0 atom stereocenters. The predicted molar refractivity (Wildman–Crippen MR) is 113 cm³/mol. The fraction of sp³-hybridized carbons (Fsp3) is 0.300. The molecule has 3 aromatic rings. The van der Waals surface area contributed by atoms with Crippen LogP contribution in [0.15, 0.2) is 29.3 Å². The van der Waals surface area contributed by atoms with Crippen LogP contribution < -0.4 is 5.32 Å². The molecule has 0 spiro atoms. The molecule has 1 amide bonds. The summed E-state index contributed by atoms with van der Waals surface area (Å²) in [5.74, 6) is 0.329. The predicted octanol–water partition coefficient (Wildman–Crippen LogP) is 5.45. The fourth-order valence-electron chi connectivity index (χ4n) is 2.72. The summed E-state index contributed by atoms with van der Waals surface area (Å²) in [6.45, 7) is 7.78. The van der Waals surface area contributed by atoms with Crippen LogP contribution in [0.2, 0.25) is 0 Å². The maximum Gasteiger partial charge on any atom is 0.262 e. The van der Waals surface area contributed by atoms with Gasteiger partial charge in [-0.1, -0.05) is 13.8 Å². The van der Waals surface area contributed by atoms with Crippen molar-refractivity contribution in [3.63, 3.8) is 0 Å². The van der Waals surface area contributed by atoms with E-state index in [0.717, 1.165) is 22.0 Å². The lowest BCUT2D eigenvalue weighted by atomic mass is 10.1. The average molecular weight is 417 g/mol. The van der Waals surface area contributed by atoms with Crippen molar-refractivity contribution in [1.29, 1.82) is 0 Å². The van der Waals surface area contributed by atoms with Gasteiger partial charge in [0.15, 0.2) is 5.13 Å². The fourth-order valence-corrected chi connectivity index (χ4v) is 4.18. The zero-order chi connectivity index (χ0) is 20.4. The number of rotatable bonds is 5. The summed E-state index contributed by atoms with van der Waals surface area (Å²) in [4.78, 5) is 27.4. The Hall–Kier alpha value is -2.32. The Morgan fingerprint density at radius 1 is 1.14 bits per heavy atom. The van der Waals surface area contributed by atoms with Crippen molar-refractivity contribution in [2.75, 3.05) is 11.6 Å². The lowest BCUT2D eigenvalue weighted by molar-refractivity contribution is 0.102. The molecule has 8 heteroatoms. The van der Waals surface area contributed by atoms with E-state index in [1.165, 1.54) is 35.2 Å². The first-order valence-electron chi connectivity index (χ1n) is 8.77. The minimum absolute atomic E-state index is 0.182. The SMILES string of the molecule is CSc1nc(C(C)C)nc(C)c1C(=O)Nc1nc(-c2ccc(F)cc2)c(C)s1. The number of carbonyl (C=O) groups excluding carboxylic acids is 1. The number of hydrogen-bond donors (Lipinski definition) is 1. The topological polar surface area (TPSA) is 67.8 Å². The molecule has 0 radical (unpaired) electrons. The quantitative estimate of drug-likeness (QED) is 0.442. The van der Waals surface area contributed by atoms with E-state index in [1.54, 1.807) is 12.1 Å². The van der Waals surface area contributed by atoms with Gasteiger partial charge in [0.1, 0.15) is 16.7 Å². The van der Waals surface area contributed by atoms with Crippen LogP contribution in [-0.2, 0) is 0 Å². The zero-order valence-corrected chi connectivity index (χ0v) is 18.0. The zero-order valence-electron chi connectivity index (χ0n) is 16.3. The molecule has 0 saturated heterocycles. The van der Waals surface area contributed by atoms with Gasteiger partial charge in [-0.25, -0.2) is 19.3 Å². The van der Waals surface area contributed by atoms with E-state index in [0.29, 0.717) is 21.4 Å². The molecule has 2 heterocycles. The van der Waals surface area contributed by atoms with Crippen molar-refractivity contribution in [2.45, 2.75) is 38.6 Å². The molecule has 0 bridgehead atoms. The first-order chi connectivity index (χ1) is 13.3. The summed E-state index contributed by atoms with van der Waals surface area (Å²) in [5, 5.41) is 4.01. The molecule has 0 aliphatic carbocycles. The van der Waals surface area contributed by atoms with E-state index in [4.69, 9.17) is 0 Å². The highest BCUT2D eigenvalue weighted by Gasteiger charge is 2.21. The first-order valence-corrected chi connectivity index (χ1v) is 10.8. The highest BCUT2D eigenvalue weighted by Crippen LogP contribution is 2.31. The number of anilines is 1. The third-order valence-corrected chi connectivity index (χ3v) is 5.71. The Kier molecular flexibility index (Phi) is 6.10. The Morgan fingerprint density at radius 2 is 1.82 bits per heavy atom. The number of halogens is 1. The Bertz CT molecular complexity index is 1020. The monoisotopic (exact) mass is 416 g/mol. The first kappa shape index (κ1) is 20.4. The summed E-state index contributed by atoms with van der Waals surface area (Å²) >= 11 is 2.80. The normalized spacial score (nSPS) is 11.1. The minimum atomic E-state index is -0.296. The van der Waals surface area contributed by atoms with Gasteiger partial charge in [0, 0.05) is 16.4 Å². The molecule has 2 aromatic heterocycles. The number of thiazole rings is 1. The van der Waals surface area contributed by atoms with E-state index in [9.17, 15) is 9.18 Å². The van der Waals surface area contributed by atoms with Crippen molar-refractivity contribution in [1.82, 2.24) is 15.0 Å². The molecule has 0 fully saturated rings. The van der Waals surface area contributed by atoms with Gasteiger partial charge in [-0.05, 0) is 44.4 Å². The maximum absolute atomic E-state index is 13.2. The van der Waals surface area contributed by atoms with Crippen molar-refractivity contribution in [3.8, 4) is 11.3 Å². The standard InChI is InChI=1S/C20H21FN4OS2/c1-10(2)17-22-11(3)15(19(24-17)27-5)18(26)25-20-23-16(12(4)28-20)13-6-8-14(21)9-7-13/h6-10H,1-5H3,(H,23,25,26). The van der Waals surface area contributed by atoms with Gasteiger partial charge in [-0.3, -0.25) is 10.1 Å². The molecular formula is C20H21FN4OS2. The van der Waals surface area contributed by atoms with Crippen molar-refractivity contribution in [2.24, 2.45) is 0 Å². The molecule has 0 saturated carbocycles. The van der Waals surface area contributed by atoms with Crippen LogP contribution in [0, 0.1) is 19.7 Å². The van der Waals surface area contributed by atoms with Gasteiger partial charge in [-0.2, -0.15) is 0 Å². The van der Waals surface area contributed by atoms with Gasteiger partial charge < -0.3 is 0 Å². The highest BCUT2D eigenvalue weighted by atomic mass is 32.2. The second kappa shape index (κ2) is 8.36. The van der Waals surface area contributed by atoms with E-state index in [2.05, 4.69) is 20.3 Å². The summed E-state index contributed by atoms with van der Waals surface area (Å²) in [6.07, 6.45) is 1.89. The molecule has 1 aromatic carbocycles. The van der Waals surface area contributed by atoms with Crippen LogP contribution in [0.4, 0.5) is 9.52 Å². The number of benzene rings is 1. The molecule has 0 aliphatic rings. The second-order valence-electron chi connectivity index (χ2n) is 6.59. The van der Waals surface area contributed by atoms with Crippen molar-refractivity contribution < 1.29 is 9.18 Å². The van der Waals surface area contributed by atoms with Gasteiger partial charge >= 0.3 is 0 Å². The van der Waals surface area contributed by atoms with E-state index in [-0.39, 0.29) is 17.6 Å². The third-order valence-electron chi connectivity index (χ3n) is 4.15. The number of aryl methyl sites for hydroxylation is 2. The van der Waals surface area contributed by atoms with Crippen LogP contribution in [0.3, 0.4) is 0 Å². The largest absolute Gasteiger partial charge is 0.298 e. The van der Waals surface area contributed by atoms with E-state index >= 15 is 0 Å². The van der Waals surface area contributed by atoms with Crippen LogP contribution in [0.1, 0.15) is 46.5 Å². The van der Waals surface area contributed by atoms with Crippen molar-refractivity contribution in [3.05, 3.63) is 52.0 Å². The lowest BCUT2D eigenvalue weighted by Crippen LogP contribution is -2.17. The molecule has 1 N–H and O–H groups in total. The Morgan fingerprint density at radius 3 is 2.43 bits per heavy atom. The second-order valence-corrected chi connectivity index (χ2v) is 8.59. The summed E-state index contributed by atoms with van der Waals surface area (Å²) in [7, 11) is 0. The van der Waals surface area contributed by atoms with E-state index < -0.39 is 0 Å². The number of thioether (sulfide) groups is 1. The number of nitrogens with zero attached hydrogens (tertiary/aromatic N) is 3. The summed E-state index contributed by atoms with van der Waals surface area (Å²) in [6, 6.07) is 6.15. The van der Waals surface area contributed by atoms with Crippen molar-refractivity contribution >= 4 is 34.1 Å². The molecule has 146 valence electrons. The Balaban J connectivity index is 1.90. The molecule has 3 rings (SSSR count). The van der Waals surface area contributed by atoms with Gasteiger partial charge in [0.2, 0.25) is 0 Å². The molecule has 28 heavy (non-hydrogen) atoms. The smallest absolute Gasteiger partial charge is 0.262 e. The van der Waals surface area contributed by atoms with Gasteiger partial charge in [0.05, 0.1) is 17.0 Å². The molecular weight excluding hydrogens is 395 g/mol. The number of amides is 1.